The second-order valence-electron chi connectivity index (χ2n) is 7.84. The molecule has 0 fully saturated rings. The van der Waals surface area contributed by atoms with Gasteiger partial charge < -0.3 is 14.6 Å². The molecule has 1 N–H and O–H groups in total. The van der Waals surface area contributed by atoms with E-state index in [-0.39, 0.29) is 19.0 Å². The minimum absolute atomic E-state index is 0.121. The van der Waals surface area contributed by atoms with Crippen molar-refractivity contribution in [3.05, 3.63) is 88.6 Å². The van der Waals surface area contributed by atoms with E-state index in [1.54, 1.807) is 19.1 Å². The predicted octanol–water partition coefficient (Wildman–Crippen LogP) is 6.02. The first-order chi connectivity index (χ1) is 17.2. The van der Waals surface area contributed by atoms with Crippen molar-refractivity contribution in [1.82, 2.24) is 0 Å². The molecule has 0 saturated carbocycles. The first-order valence-electron chi connectivity index (χ1n) is 10.9. The van der Waals surface area contributed by atoms with Crippen LogP contribution in [0.2, 0.25) is 0 Å². The normalized spacial score (nSPS) is 16.2. The van der Waals surface area contributed by atoms with Gasteiger partial charge in [-0.3, -0.25) is 9.10 Å². The van der Waals surface area contributed by atoms with Crippen LogP contribution in [0.4, 0.5) is 18.9 Å². The van der Waals surface area contributed by atoms with Crippen molar-refractivity contribution in [2.75, 3.05) is 11.1 Å². The molecular formula is C26H22F3NO5S. The number of fused-ring (bicyclic) bond motifs is 2. The Labute approximate surface area is 208 Å². The van der Waals surface area contributed by atoms with E-state index in [1.165, 1.54) is 22.5 Å². The van der Waals surface area contributed by atoms with Gasteiger partial charge >= 0.3 is 6.18 Å². The summed E-state index contributed by atoms with van der Waals surface area (Å²) in [5.74, 6) is 1.28. The van der Waals surface area contributed by atoms with Crippen molar-refractivity contribution >= 4 is 28.7 Å². The van der Waals surface area contributed by atoms with Crippen LogP contribution in [0, 0.1) is 0 Å². The van der Waals surface area contributed by atoms with E-state index in [1.807, 2.05) is 31.2 Å². The molecule has 1 unspecified atom stereocenters. The number of rotatable bonds is 3. The van der Waals surface area contributed by atoms with Gasteiger partial charge in [0.1, 0.15) is 0 Å². The fraction of sp³-hybridized carbons (Fsp3) is 0.192. The molecule has 2 aliphatic rings. The number of allylic oxidation sites excluding steroid dienone is 1. The summed E-state index contributed by atoms with van der Waals surface area (Å²) in [7, 11) is -1.86. The number of alkyl halides is 3. The largest absolute Gasteiger partial charge is 0.483 e. The topological polar surface area (TPSA) is 76.1 Å². The van der Waals surface area contributed by atoms with Crippen LogP contribution < -0.4 is 13.8 Å². The van der Waals surface area contributed by atoms with E-state index in [0.29, 0.717) is 34.1 Å². The minimum Gasteiger partial charge on any atom is -0.483 e. The zero-order valence-electron chi connectivity index (χ0n) is 19.3. The Hall–Kier alpha value is -3.79. The fourth-order valence-corrected chi connectivity index (χ4v) is 5.79. The molecule has 3 aromatic rings. The number of benzene rings is 3. The van der Waals surface area contributed by atoms with E-state index in [4.69, 9.17) is 19.4 Å². The van der Waals surface area contributed by atoms with Crippen molar-refractivity contribution in [2.24, 2.45) is 0 Å². The molecule has 188 valence electrons. The van der Waals surface area contributed by atoms with Crippen molar-refractivity contribution in [2.45, 2.75) is 31.3 Å². The highest BCUT2D eigenvalue weighted by molar-refractivity contribution is 7.86. The van der Waals surface area contributed by atoms with Gasteiger partial charge in [-0.15, -0.1) is 0 Å². The monoisotopic (exact) mass is 517 g/mol. The van der Waals surface area contributed by atoms with Crippen LogP contribution in [0.25, 0.3) is 5.57 Å². The molecule has 5 rings (SSSR count). The van der Waals surface area contributed by atoms with Gasteiger partial charge in [0.2, 0.25) is 6.79 Å². The maximum Gasteiger partial charge on any atom is 0.418 e. The van der Waals surface area contributed by atoms with Gasteiger partial charge in [-0.25, -0.2) is 4.21 Å². The van der Waals surface area contributed by atoms with Gasteiger partial charge in [0.05, 0.1) is 16.1 Å². The Kier molecular flexibility index (Phi) is 7.07. The smallest absolute Gasteiger partial charge is 0.418 e. The lowest BCUT2D eigenvalue weighted by atomic mass is 9.93. The zero-order chi connectivity index (χ0) is 26.0. The Morgan fingerprint density at radius 2 is 1.75 bits per heavy atom. The van der Waals surface area contributed by atoms with Gasteiger partial charge in [-0.05, 0) is 54.8 Å². The molecule has 0 saturated heterocycles. The number of para-hydroxylation sites is 1. The maximum atomic E-state index is 13.9. The molecule has 3 aromatic carbocycles. The highest BCUT2D eigenvalue weighted by Gasteiger charge is 2.39. The Bertz CT molecular complexity index is 1370. The minimum atomic E-state index is -4.59. The molecule has 6 nitrogen and oxygen atoms in total. The number of anilines is 1. The summed E-state index contributed by atoms with van der Waals surface area (Å²) in [6, 6.07) is 16.1. The fourth-order valence-electron chi connectivity index (χ4n) is 4.36. The summed E-state index contributed by atoms with van der Waals surface area (Å²) in [5, 5.41) is 6.89. The number of aryl methyl sites for hydroxylation is 1. The van der Waals surface area contributed by atoms with Crippen LogP contribution in [-0.4, -0.2) is 22.6 Å². The molecule has 10 heteroatoms. The molecule has 36 heavy (non-hydrogen) atoms. The molecule has 2 aliphatic heterocycles. The molecule has 0 amide bonds. The lowest BCUT2D eigenvalue weighted by Crippen LogP contribution is -2.31. The zero-order valence-corrected chi connectivity index (χ0v) is 20.2. The number of halogens is 3. The Morgan fingerprint density at radius 3 is 2.44 bits per heavy atom. The molecule has 0 bridgehead atoms. The third kappa shape index (κ3) is 4.44. The average molecular weight is 518 g/mol. The quantitative estimate of drug-likeness (QED) is 0.430. The van der Waals surface area contributed by atoms with Crippen LogP contribution >= 0.6 is 0 Å². The Balaban J connectivity index is 0.000000967. The van der Waals surface area contributed by atoms with E-state index in [0.717, 1.165) is 22.8 Å². The van der Waals surface area contributed by atoms with Crippen molar-refractivity contribution in [3.8, 4) is 11.5 Å². The number of nitrogens with zero attached hydrogens (tertiary/aromatic N) is 1. The molecular weight excluding hydrogens is 495 g/mol. The van der Waals surface area contributed by atoms with Crippen molar-refractivity contribution < 1.29 is 36.8 Å². The van der Waals surface area contributed by atoms with Crippen molar-refractivity contribution in [3.63, 3.8) is 0 Å². The van der Waals surface area contributed by atoms with E-state index < -0.39 is 22.7 Å². The highest BCUT2D eigenvalue weighted by atomic mass is 32.2. The average Bonchev–Trinajstić information content (AvgIpc) is 3.33. The highest BCUT2D eigenvalue weighted by Crippen LogP contribution is 2.47. The number of hydrogen-bond donors (Lipinski definition) is 1. The van der Waals surface area contributed by atoms with Crippen LogP contribution in [0.5, 0.6) is 11.5 Å². The van der Waals surface area contributed by atoms with Gasteiger partial charge in [0.25, 0.3) is 6.47 Å². The summed E-state index contributed by atoms with van der Waals surface area (Å²) < 4.78 is 67.6. The van der Waals surface area contributed by atoms with E-state index in [9.17, 15) is 17.4 Å². The van der Waals surface area contributed by atoms with Gasteiger partial charge in [0, 0.05) is 16.8 Å². The second kappa shape index (κ2) is 10.1. The third-order valence-electron chi connectivity index (χ3n) is 5.82. The van der Waals surface area contributed by atoms with Gasteiger partial charge in [-0.1, -0.05) is 37.3 Å². The summed E-state index contributed by atoms with van der Waals surface area (Å²) in [6.45, 7) is 3.57. The lowest BCUT2D eigenvalue weighted by Gasteiger charge is -2.34. The first kappa shape index (κ1) is 25.3. The van der Waals surface area contributed by atoms with Crippen molar-refractivity contribution in [1.29, 1.82) is 0 Å². The standard InChI is InChI=1S/C25H20F3NO3S.CH2O2/c1-3-16-12-17(13-21-24(16)32-14-31-21)23-15(2)29(33(30)22-11-7-4-8-18(22)23)20-10-6-5-9-19(20)25(26,27)28;2-1-3/h4-13H,3,14H2,1-2H3;1H,(H,2,3). The molecule has 0 aliphatic carbocycles. The van der Waals surface area contributed by atoms with Crippen LogP contribution in [0.15, 0.2) is 71.3 Å². The van der Waals surface area contributed by atoms with Crippen LogP contribution in [0.3, 0.4) is 0 Å². The predicted molar refractivity (Wildman–Crippen MR) is 129 cm³/mol. The second-order valence-corrected chi connectivity index (χ2v) is 9.15. The van der Waals surface area contributed by atoms with Gasteiger partial charge in [-0.2, -0.15) is 13.2 Å². The molecule has 0 spiro atoms. The summed E-state index contributed by atoms with van der Waals surface area (Å²) in [4.78, 5) is 8.81. The van der Waals surface area contributed by atoms with E-state index in [2.05, 4.69) is 0 Å². The molecule has 2 heterocycles. The molecule has 1 atom stereocenters. The van der Waals surface area contributed by atoms with Crippen LogP contribution in [-0.2, 0) is 28.4 Å². The number of carbonyl (C=O) groups is 1. The number of hydrogen-bond acceptors (Lipinski definition) is 4. The SMILES string of the molecule is CCc1cc(C2=C(C)N(c3ccccc3C(F)(F)F)S(=O)c3ccccc32)cc2c1OCO2.O=CO. The molecule has 0 radical (unpaired) electrons. The first-order valence-corrected chi connectivity index (χ1v) is 12.0. The lowest BCUT2D eigenvalue weighted by molar-refractivity contribution is -0.137. The number of ether oxygens (including phenoxy) is 2. The van der Waals surface area contributed by atoms with Crippen LogP contribution in [0.1, 0.15) is 36.1 Å². The third-order valence-corrected chi connectivity index (χ3v) is 7.36. The maximum absolute atomic E-state index is 13.9. The summed E-state index contributed by atoms with van der Waals surface area (Å²) in [6.07, 6.45) is -3.90. The summed E-state index contributed by atoms with van der Waals surface area (Å²) in [5.41, 5.74) is 2.61. The summed E-state index contributed by atoms with van der Waals surface area (Å²) >= 11 is 0. The number of carboxylic acid groups (broad SMARTS) is 1. The van der Waals surface area contributed by atoms with Gasteiger partial charge in [0.15, 0.2) is 22.5 Å². The molecule has 0 aromatic heterocycles. The Morgan fingerprint density at radius 1 is 1.08 bits per heavy atom. The van der Waals surface area contributed by atoms with E-state index >= 15 is 0 Å².